The van der Waals surface area contributed by atoms with Gasteiger partial charge in [0.05, 0.1) is 11.9 Å². The molecule has 1 aromatic heterocycles. The van der Waals surface area contributed by atoms with E-state index >= 15 is 0 Å². The van der Waals surface area contributed by atoms with E-state index in [1.165, 1.54) is 30.4 Å². The second-order valence-electron chi connectivity index (χ2n) is 4.41. The summed E-state index contributed by atoms with van der Waals surface area (Å²) in [6, 6.07) is -0.000930. The van der Waals surface area contributed by atoms with E-state index in [4.69, 9.17) is 4.74 Å². The molecule has 21 heavy (non-hydrogen) atoms. The second kappa shape index (κ2) is 7.02. The predicted molar refractivity (Wildman–Crippen MR) is 77.5 cm³/mol. The van der Waals surface area contributed by atoms with Crippen LogP contribution in [0.1, 0.15) is 13.8 Å². The van der Waals surface area contributed by atoms with Crippen molar-refractivity contribution in [2.75, 3.05) is 12.4 Å². The fourth-order valence-corrected chi connectivity index (χ4v) is 2.56. The summed E-state index contributed by atoms with van der Waals surface area (Å²) in [4.78, 5) is 32.5. The highest BCUT2D eigenvalue weighted by atomic mass is 32.2. The number of carbonyl (C=O) groups excluding carboxylic acids is 2. The Balaban J connectivity index is 1.85. The van der Waals surface area contributed by atoms with Gasteiger partial charge < -0.3 is 4.74 Å². The molecule has 1 fully saturated rings. The summed E-state index contributed by atoms with van der Waals surface area (Å²) >= 11 is 1.29. The largest absolute Gasteiger partial charge is 0.466 e. The lowest BCUT2D eigenvalue weighted by Crippen LogP contribution is -2.37. The first-order chi connectivity index (χ1) is 10.1. The van der Waals surface area contributed by atoms with Gasteiger partial charge in [0.1, 0.15) is 0 Å². The summed E-state index contributed by atoms with van der Waals surface area (Å²) < 4.78 is 5.14. The molecule has 2 heterocycles. The summed E-state index contributed by atoms with van der Waals surface area (Å²) in [5, 5.41) is 4.45. The van der Waals surface area contributed by atoms with E-state index < -0.39 is 5.91 Å². The summed E-state index contributed by atoms with van der Waals surface area (Å²) in [7, 11) is 0. The average molecular weight is 309 g/mol. The van der Waals surface area contributed by atoms with Gasteiger partial charge in [-0.2, -0.15) is 0 Å². The van der Waals surface area contributed by atoms with Gasteiger partial charge in [-0.25, -0.2) is 10.4 Å². The van der Waals surface area contributed by atoms with Crippen molar-refractivity contribution >= 4 is 28.7 Å². The quantitative estimate of drug-likeness (QED) is 0.782. The number of hydrogen-bond donors (Lipinski definition) is 1. The Morgan fingerprint density at radius 3 is 3.05 bits per heavy atom. The maximum atomic E-state index is 11.7. The third-order valence-corrected chi connectivity index (χ3v) is 3.42. The molecule has 1 saturated heterocycles. The number of amides is 2. The van der Waals surface area contributed by atoms with Crippen molar-refractivity contribution < 1.29 is 14.3 Å². The van der Waals surface area contributed by atoms with Crippen molar-refractivity contribution in [3.05, 3.63) is 18.6 Å². The Hall–Kier alpha value is -2.16. The van der Waals surface area contributed by atoms with Crippen LogP contribution in [-0.4, -0.2) is 50.3 Å². The van der Waals surface area contributed by atoms with E-state index in [1.807, 2.05) is 13.8 Å². The van der Waals surface area contributed by atoms with Crippen LogP contribution in [0, 0.1) is 0 Å². The topological polar surface area (TPSA) is 96.8 Å². The van der Waals surface area contributed by atoms with Crippen molar-refractivity contribution in [2.45, 2.75) is 19.9 Å². The van der Waals surface area contributed by atoms with Gasteiger partial charge in [-0.15, -0.1) is 5.10 Å². The molecule has 1 aliphatic heterocycles. The van der Waals surface area contributed by atoms with Crippen LogP contribution in [0.3, 0.4) is 0 Å². The standard InChI is InChI=1S/C12H15N5O3S/c1-8(2)17-11(19)7-21-12(17)16-15-9(18)6-20-10-5-13-3-4-14-10/h3-5,8H,6-7H2,1-2H3,(H,15,18)/b16-12-. The fourth-order valence-electron chi connectivity index (χ4n) is 1.61. The lowest BCUT2D eigenvalue weighted by atomic mass is 10.3. The number of hydrogen-bond acceptors (Lipinski definition) is 7. The van der Waals surface area contributed by atoms with Crippen molar-refractivity contribution in [3.63, 3.8) is 0 Å². The first kappa shape index (κ1) is 15.2. The highest BCUT2D eigenvalue weighted by molar-refractivity contribution is 8.15. The van der Waals surface area contributed by atoms with Crippen molar-refractivity contribution in [1.82, 2.24) is 20.3 Å². The minimum atomic E-state index is -0.434. The molecule has 0 aliphatic carbocycles. The zero-order chi connectivity index (χ0) is 15.2. The highest BCUT2D eigenvalue weighted by Crippen LogP contribution is 2.21. The molecule has 0 saturated carbocycles. The van der Waals surface area contributed by atoms with Crippen molar-refractivity contribution in [2.24, 2.45) is 5.10 Å². The maximum absolute atomic E-state index is 11.7. The molecule has 1 aromatic rings. The van der Waals surface area contributed by atoms with Crippen LogP contribution in [-0.2, 0) is 9.59 Å². The number of thioether (sulfide) groups is 1. The van der Waals surface area contributed by atoms with Gasteiger partial charge in [0.2, 0.25) is 11.8 Å². The third kappa shape index (κ3) is 4.15. The Morgan fingerprint density at radius 2 is 2.38 bits per heavy atom. The maximum Gasteiger partial charge on any atom is 0.278 e. The number of aromatic nitrogens is 2. The molecule has 0 unspecified atom stereocenters. The van der Waals surface area contributed by atoms with E-state index in [0.717, 1.165) is 0 Å². The van der Waals surface area contributed by atoms with Crippen LogP contribution in [0.2, 0.25) is 0 Å². The first-order valence-electron chi connectivity index (χ1n) is 6.28. The molecule has 0 aromatic carbocycles. The smallest absolute Gasteiger partial charge is 0.278 e. The molecule has 0 spiro atoms. The van der Waals surface area contributed by atoms with Gasteiger partial charge in [0.15, 0.2) is 11.8 Å². The Morgan fingerprint density at radius 1 is 1.57 bits per heavy atom. The molecular weight excluding hydrogens is 294 g/mol. The van der Waals surface area contributed by atoms with E-state index in [9.17, 15) is 9.59 Å². The molecule has 2 amide bonds. The van der Waals surface area contributed by atoms with Crippen molar-refractivity contribution in [1.29, 1.82) is 0 Å². The summed E-state index contributed by atoms with van der Waals surface area (Å²) in [5.41, 5.74) is 2.36. The minimum Gasteiger partial charge on any atom is -0.466 e. The SMILES string of the molecule is CC(C)N1C(=O)CS/C1=N\NC(=O)COc1cnccn1. The van der Waals surface area contributed by atoms with Crippen LogP contribution < -0.4 is 10.2 Å². The molecule has 2 rings (SSSR count). The summed E-state index contributed by atoms with van der Waals surface area (Å²) in [6.07, 6.45) is 4.38. The third-order valence-electron chi connectivity index (χ3n) is 2.48. The van der Waals surface area contributed by atoms with Gasteiger partial charge in [0.25, 0.3) is 5.91 Å². The molecular formula is C12H15N5O3S. The highest BCUT2D eigenvalue weighted by Gasteiger charge is 2.30. The number of carbonyl (C=O) groups is 2. The van der Waals surface area contributed by atoms with Gasteiger partial charge in [-0.3, -0.25) is 19.5 Å². The van der Waals surface area contributed by atoms with Crippen LogP contribution in [0.25, 0.3) is 0 Å². The summed E-state index contributed by atoms with van der Waals surface area (Å²) in [6.45, 7) is 3.55. The first-order valence-corrected chi connectivity index (χ1v) is 7.26. The van der Waals surface area contributed by atoms with E-state index in [1.54, 1.807) is 4.90 Å². The lowest BCUT2D eigenvalue weighted by molar-refractivity contribution is -0.125. The molecule has 1 aliphatic rings. The molecule has 112 valence electrons. The Kier molecular flexibility index (Phi) is 5.09. The number of hydrazone groups is 1. The molecule has 8 nitrogen and oxygen atoms in total. The monoisotopic (exact) mass is 309 g/mol. The summed E-state index contributed by atoms with van der Waals surface area (Å²) in [5.74, 6) is 0.147. The van der Waals surface area contributed by atoms with Crippen molar-refractivity contribution in [3.8, 4) is 5.88 Å². The van der Waals surface area contributed by atoms with Crippen LogP contribution in [0.5, 0.6) is 5.88 Å². The minimum absolute atomic E-state index is 0.000930. The second-order valence-corrected chi connectivity index (χ2v) is 5.35. The Bertz CT molecular complexity index is 549. The zero-order valence-corrected chi connectivity index (χ0v) is 12.5. The molecule has 9 heteroatoms. The molecule has 1 N–H and O–H groups in total. The fraction of sp³-hybridized carbons (Fsp3) is 0.417. The number of amidine groups is 1. The normalized spacial score (nSPS) is 16.6. The van der Waals surface area contributed by atoms with Gasteiger partial charge in [-0.1, -0.05) is 11.8 Å². The molecule has 0 radical (unpaired) electrons. The van der Waals surface area contributed by atoms with Crippen LogP contribution in [0.4, 0.5) is 0 Å². The lowest BCUT2D eigenvalue weighted by Gasteiger charge is -2.19. The van der Waals surface area contributed by atoms with E-state index in [-0.39, 0.29) is 24.4 Å². The predicted octanol–water partition coefficient (Wildman–Crippen LogP) is 0.226. The zero-order valence-electron chi connectivity index (χ0n) is 11.6. The average Bonchev–Trinajstić information content (AvgIpc) is 2.85. The van der Waals surface area contributed by atoms with E-state index in [2.05, 4.69) is 20.5 Å². The Labute approximate surface area is 126 Å². The number of nitrogens with one attached hydrogen (secondary N) is 1. The number of nitrogens with zero attached hydrogens (tertiary/aromatic N) is 4. The molecule has 0 bridgehead atoms. The van der Waals surface area contributed by atoms with E-state index in [0.29, 0.717) is 10.9 Å². The van der Waals surface area contributed by atoms with Crippen LogP contribution >= 0.6 is 11.8 Å². The van der Waals surface area contributed by atoms with Gasteiger partial charge in [-0.05, 0) is 13.8 Å². The number of rotatable bonds is 5. The van der Waals surface area contributed by atoms with Gasteiger partial charge in [0, 0.05) is 18.4 Å². The molecule has 0 atom stereocenters. The number of ether oxygens (including phenoxy) is 1. The van der Waals surface area contributed by atoms with Gasteiger partial charge >= 0.3 is 0 Å². The van der Waals surface area contributed by atoms with Crippen LogP contribution in [0.15, 0.2) is 23.7 Å².